The van der Waals surface area contributed by atoms with Gasteiger partial charge in [0.05, 0.1) is 10.0 Å². The second-order valence-corrected chi connectivity index (χ2v) is 4.69. The molecule has 2 rings (SSSR count). The van der Waals surface area contributed by atoms with Gasteiger partial charge in [0.1, 0.15) is 0 Å². The van der Waals surface area contributed by atoms with Gasteiger partial charge in [0.2, 0.25) is 0 Å². The van der Waals surface area contributed by atoms with Gasteiger partial charge < -0.3 is 5.73 Å². The molecule has 3 N–H and O–H groups in total. The molecule has 0 saturated heterocycles. The summed E-state index contributed by atoms with van der Waals surface area (Å²) < 4.78 is 0.781. The summed E-state index contributed by atoms with van der Waals surface area (Å²) in [4.78, 5) is 1.11. The standard InChI is InChI=1S/C9H10ClN3S/c1-5-9(6(4-11)13-12-5)7-2-3-8(10)14-7/h2-3H,4,11H2,1H3,(H,12,13). The van der Waals surface area contributed by atoms with Crippen LogP contribution in [0.15, 0.2) is 12.1 Å². The summed E-state index contributed by atoms with van der Waals surface area (Å²) in [5.74, 6) is 0. The average Bonchev–Trinajstić information content (AvgIpc) is 2.71. The summed E-state index contributed by atoms with van der Waals surface area (Å²) in [6.07, 6.45) is 0. The highest BCUT2D eigenvalue weighted by Gasteiger charge is 2.12. The van der Waals surface area contributed by atoms with Crippen LogP contribution in [-0.4, -0.2) is 10.2 Å². The first kappa shape index (κ1) is 9.71. The molecule has 2 aromatic heterocycles. The summed E-state index contributed by atoms with van der Waals surface area (Å²) in [7, 11) is 0. The van der Waals surface area contributed by atoms with Crippen molar-refractivity contribution in [2.75, 3.05) is 0 Å². The van der Waals surface area contributed by atoms with Gasteiger partial charge in [-0.2, -0.15) is 5.10 Å². The van der Waals surface area contributed by atoms with Gasteiger partial charge in [0.25, 0.3) is 0 Å². The van der Waals surface area contributed by atoms with Gasteiger partial charge in [-0.1, -0.05) is 11.6 Å². The summed E-state index contributed by atoms with van der Waals surface area (Å²) in [6, 6.07) is 3.87. The molecule has 0 radical (unpaired) electrons. The van der Waals surface area contributed by atoms with Crippen LogP contribution in [0.1, 0.15) is 11.4 Å². The van der Waals surface area contributed by atoms with Crippen LogP contribution in [0, 0.1) is 6.92 Å². The lowest BCUT2D eigenvalue weighted by atomic mass is 10.1. The number of hydrogen-bond donors (Lipinski definition) is 2. The number of aryl methyl sites for hydroxylation is 1. The maximum Gasteiger partial charge on any atom is 0.0934 e. The average molecular weight is 228 g/mol. The molecule has 0 spiro atoms. The number of halogens is 1. The highest BCUT2D eigenvalue weighted by molar-refractivity contribution is 7.19. The quantitative estimate of drug-likeness (QED) is 0.829. The Kier molecular flexibility index (Phi) is 2.58. The molecule has 0 aliphatic heterocycles. The highest BCUT2D eigenvalue weighted by Crippen LogP contribution is 2.34. The number of thiophene rings is 1. The molecule has 74 valence electrons. The Morgan fingerprint density at radius 2 is 2.36 bits per heavy atom. The lowest BCUT2D eigenvalue weighted by Gasteiger charge is -1.97. The smallest absolute Gasteiger partial charge is 0.0934 e. The van der Waals surface area contributed by atoms with E-state index in [9.17, 15) is 0 Å². The number of aromatic amines is 1. The van der Waals surface area contributed by atoms with Crippen molar-refractivity contribution >= 4 is 22.9 Å². The maximum absolute atomic E-state index is 5.88. The third-order valence-electron chi connectivity index (χ3n) is 2.04. The Morgan fingerprint density at radius 3 is 2.93 bits per heavy atom. The fraction of sp³-hybridized carbons (Fsp3) is 0.222. The van der Waals surface area contributed by atoms with Crippen LogP contribution in [0.3, 0.4) is 0 Å². The first-order valence-electron chi connectivity index (χ1n) is 4.22. The van der Waals surface area contributed by atoms with Crippen LogP contribution in [0.25, 0.3) is 10.4 Å². The van der Waals surface area contributed by atoms with Crippen molar-refractivity contribution in [3.63, 3.8) is 0 Å². The lowest BCUT2D eigenvalue weighted by molar-refractivity contribution is 0.940. The molecule has 0 aliphatic rings. The van der Waals surface area contributed by atoms with Crippen molar-refractivity contribution in [2.45, 2.75) is 13.5 Å². The number of hydrogen-bond acceptors (Lipinski definition) is 3. The van der Waals surface area contributed by atoms with Crippen LogP contribution < -0.4 is 5.73 Å². The van der Waals surface area contributed by atoms with Crippen LogP contribution in [0.5, 0.6) is 0 Å². The van der Waals surface area contributed by atoms with Crippen molar-refractivity contribution in [2.24, 2.45) is 5.73 Å². The predicted octanol–water partition coefficient (Wildman–Crippen LogP) is 2.56. The van der Waals surface area contributed by atoms with Gasteiger partial charge in [-0.3, -0.25) is 5.10 Å². The molecule has 0 unspecified atom stereocenters. The minimum Gasteiger partial charge on any atom is -0.325 e. The van der Waals surface area contributed by atoms with E-state index in [1.807, 2.05) is 19.1 Å². The molecular weight excluding hydrogens is 218 g/mol. The van der Waals surface area contributed by atoms with Gasteiger partial charge in [-0.25, -0.2) is 0 Å². The number of nitrogens with two attached hydrogens (primary N) is 1. The zero-order valence-electron chi connectivity index (χ0n) is 7.67. The van der Waals surface area contributed by atoms with Gasteiger partial charge in [0, 0.05) is 22.7 Å². The Bertz CT molecular complexity index is 447. The van der Waals surface area contributed by atoms with E-state index in [2.05, 4.69) is 10.2 Å². The largest absolute Gasteiger partial charge is 0.325 e. The molecule has 3 nitrogen and oxygen atoms in total. The molecule has 0 bridgehead atoms. The Labute approximate surface area is 90.9 Å². The van der Waals surface area contributed by atoms with E-state index in [1.54, 1.807) is 0 Å². The van der Waals surface area contributed by atoms with E-state index in [1.165, 1.54) is 11.3 Å². The summed E-state index contributed by atoms with van der Waals surface area (Å²) in [6.45, 7) is 2.42. The molecule has 2 aromatic rings. The zero-order chi connectivity index (χ0) is 10.1. The monoisotopic (exact) mass is 227 g/mol. The number of nitrogens with one attached hydrogen (secondary N) is 1. The minimum absolute atomic E-state index is 0.440. The zero-order valence-corrected chi connectivity index (χ0v) is 9.25. The van der Waals surface area contributed by atoms with Crippen molar-refractivity contribution in [1.82, 2.24) is 10.2 Å². The van der Waals surface area contributed by atoms with Crippen molar-refractivity contribution < 1.29 is 0 Å². The lowest BCUT2D eigenvalue weighted by Crippen LogP contribution is -1.98. The Morgan fingerprint density at radius 1 is 1.57 bits per heavy atom. The van der Waals surface area contributed by atoms with Crippen molar-refractivity contribution in [1.29, 1.82) is 0 Å². The van der Waals surface area contributed by atoms with E-state index >= 15 is 0 Å². The highest BCUT2D eigenvalue weighted by atomic mass is 35.5. The van der Waals surface area contributed by atoms with E-state index in [0.29, 0.717) is 6.54 Å². The molecule has 5 heteroatoms. The maximum atomic E-state index is 5.88. The fourth-order valence-corrected chi connectivity index (χ4v) is 2.57. The Balaban J connectivity index is 2.54. The number of nitrogens with zero attached hydrogens (tertiary/aromatic N) is 1. The van der Waals surface area contributed by atoms with Gasteiger partial charge >= 0.3 is 0 Å². The summed E-state index contributed by atoms with van der Waals surface area (Å²) in [5.41, 5.74) is 8.61. The van der Waals surface area contributed by atoms with E-state index in [0.717, 1.165) is 26.2 Å². The Hall–Kier alpha value is -0.840. The van der Waals surface area contributed by atoms with Crippen molar-refractivity contribution in [3.05, 3.63) is 27.9 Å². The van der Waals surface area contributed by atoms with E-state index in [4.69, 9.17) is 17.3 Å². The van der Waals surface area contributed by atoms with Crippen molar-refractivity contribution in [3.8, 4) is 10.4 Å². The molecular formula is C9H10ClN3S. The number of aromatic nitrogens is 2. The fourth-order valence-electron chi connectivity index (χ4n) is 1.40. The minimum atomic E-state index is 0.440. The van der Waals surface area contributed by atoms with Crippen LogP contribution >= 0.6 is 22.9 Å². The topological polar surface area (TPSA) is 54.7 Å². The van der Waals surface area contributed by atoms with Gasteiger partial charge in [-0.15, -0.1) is 11.3 Å². The van der Waals surface area contributed by atoms with Gasteiger partial charge in [-0.05, 0) is 19.1 Å². The number of rotatable bonds is 2. The molecule has 0 aromatic carbocycles. The number of H-pyrrole nitrogens is 1. The summed E-state index contributed by atoms with van der Waals surface area (Å²) >= 11 is 7.42. The molecule has 0 fully saturated rings. The van der Waals surface area contributed by atoms with E-state index < -0.39 is 0 Å². The first-order chi connectivity index (χ1) is 6.72. The first-order valence-corrected chi connectivity index (χ1v) is 5.41. The molecule has 2 heterocycles. The molecule has 0 atom stereocenters. The van der Waals surface area contributed by atoms with Crippen LogP contribution in [-0.2, 0) is 6.54 Å². The summed E-state index contributed by atoms with van der Waals surface area (Å²) in [5, 5.41) is 7.06. The third-order valence-corrected chi connectivity index (χ3v) is 3.28. The van der Waals surface area contributed by atoms with Crippen LogP contribution in [0.4, 0.5) is 0 Å². The molecule has 0 aliphatic carbocycles. The SMILES string of the molecule is Cc1[nH]nc(CN)c1-c1ccc(Cl)s1. The van der Waals surface area contributed by atoms with E-state index in [-0.39, 0.29) is 0 Å². The second kappa shape index (κ2) is 3.73. The second-order valence-electron chi connectivity index (χ2n) is 2.98. The predicted molar refractivity (Wildman–Crippen MR) is 59.5 cm³/mol. The molecule has 0 saturated carbocycles. The van der Waals surface area contributed by atoms with Gasteiger partial charge in [0.15, 0.2) is 0 Å². The molecule has 0 amide bonds. The molecule has 14 heavy (non-hydrogen) atoms. The third kappa shape index (κ3) is 1.56. The normalized spacial score (nSPS) is 10.8. The van der Waals surface area contributed by atoms with Crippen LogP contribution in [0.2, 0.25) is 4.34 Å².